The summed E-state index contributed by atoms with van der Waals surface area (Å²) in [5.74, 6) is 1.46. The van der Waals surface area contributed by atoms with Gasteiger partial charge in [0.25, 0.3) is 0 Å². The number of hydrogen-bond acceptors (Lipinski definition) is 4. The largest absolute Gasteiger partial charge is 0.416 e. The van der Waals surface area contributed by atoms with Crippen LogP contribution in [0.15, 0.2) is 64.8 Å². The van der Waals surface area contributed by atoms with Crippen LogP contribution >= 0.6 is 23.5 Å². The lowest BCUT2D eigenvalue weighted by molar-refractivity contribution is -0.137. The molecular weight excluding hydrogens is 439 g/mol. The number of aryl methyl sites for hydroxylation is 1. The SMILES string of the molecule is Cc1ccc(CSc2ccnc(CSc3nc4ccc(C(F)(F)F)cc4[nH]3)c2C)cc1. The Labute approximate surface area is 186 Å². The zero-order valence-corrected chi connectivity index (χ0v) is 18.6. The standard InChI is InChI=1S/C23H20F3N3S2/c1-14-3-5-16(6-4-14)12-30-21-9-10-27-20(15(21)2)13-31-22-28-18-8-7-17(23(24,25)26)11-19(18)29-22/h3-11H,12-13H2,1-2H3,(H,28,29). The third-order valence-electron chi connectivity index (χ3n) is 4.91. The van der Waals surface area contributed by atoms with Gasteiger partial charge in [-0.25, -0.2) is 4.98 Å². The normalized spacial score (nSPS) is 11.9. The molecule has 0 spiro atoms. The van der Waals surface area contributed by atoms with Crippen LogP contribution in [0.1, 0.15) is 27.9 Å². The van der Waals surface area contributed by atoms with Crippen molar-refractivity contribution in [3.63, 3.8) is 0 Å². The number of thioether (sulfide) groups is 2. The summed E-state index contributed by atoms with van der Waals surface area (Å²) in [6.07, 6.45) is -2.57. The van der Waals surface area contributed by atoms with E-state index >= 15 is 0 Å². The number of nitrogens with one attached hydrogen (secondary N) is 1. The molecule has 0 atom stereocenters. The predicted molar refractivity (Wildman–Crippen MR) is 120 cm³/mol. The lowest BCUT2D eigenvalue weighted by atomic mass is 10.2. The van der Waals surface area contributed by atoms with Crippen molar-refractivity contribution < 1.29 is 13.2 Å². The molecule has 2 aromatic heterocycles. The summed E-state index contributed by atoms with van der Waals surface area (Å²) in [6, 6.07) is 14.1. The van der Waals surface area contributed by atoms with Crippen LogP contribution in [-0.2, 0) is 17.7 Å². The fourth-order valence-electron chi connectivity index (χ4n) is 3.07. The summed E-state index contributed by atoms with van der Waals surface area (Å²) >= 11 is 3.20. The van der Waals surface area contributed by atoms with Gasteiger partial charge < -0.3 is 4.98 Å². The highest BCUT2D eigenvalue weighted by atomic mass is 32.2. The van der Waals surface area contributed by atoms with Gasteiger partial charge in [0.1, 0.15) is 0 Å². The topological polar surface area (TPSA) is 41.6 Å². The number of aromatic nitrogens is 3. The zero-order chi connectivity index (χ0) is 22.0. The molecule has 2 heterocycles. The van der Waals surface area contributed by atoms with Gasteiger partial charge in [0, 0.05) is 22.6 Å². The maximum Gasteiger partial charge on any atom is 0.416 e. The van der Waals surface area contributed by atoms with Crippen molar-refractivity contribution >= 4 is 34.6 Å². The van der Waals surface area contributed by atoms with Crippen LogP contribution in [0.2, 0.25) is 0 Å². The Bertz CT molecular complexity index is 1200. The molecule has 4 aromatic rings. The van der Waals surface area contributed by atoms with E-state index in [4.69, 9.17) is 0 Å². The Morgan fingerprint density at radius 3 is 2.45 bits per heavy atom. The van der Waals surface area contributed by atoms with Gasteiger partial charge in [0.2, 0.25) is 0 Å². The van der Waals surface area contributed by atoms with Gasteiger partial charge in [-0.1, -0.05) is 41.6 Å². The highest BCUT2D eigenvalue weighted by Crippen LogP contribution is 2.33. The van der Waals surface area contributed by atoms with Crippen LogP contribution in [0.3, 0.4) is 0 Å². The Balaban J connectivity index is 1.44. The van der Waals surface area contributed by atoms with Gasteiger partial charge in [0.15, 0.2) is 5.16 Å². The third-order valence-corrected chi connectivity index (χ3v) is 7.02. The van der Waals surface area contributed by atoms with Crippen LogP contribution in [0.4, 0.5) is 13.2 Å². The first kappa shape index (κ1) is 21.8. The van der Waals surface area contributed by atoms with Gasteiger partial charge in [0.05, 0.1) is 22.3 Å². The summed E-state index contributed by atoms with van der Waals surface area (Å²) in [5.41, 5.74) is 4.78. The molecule has 0 radical (unpaired) electrons. The van der Waals surface area contributed by atoms with E-state index < -0.39 is 11.7 Å². The maximum atomic E-state index is 12.9. The van der Waals surface area contributed by atoms with E-state index in [2.05, 4.69) is 53.1 Å². The predicted octanol–water partition coefficient (Wildman–Crippen LogP) is 7.18. The lowest BCUT2D eigenvalue weighted by Gasteiger charge is -2.10. The van der Waals surface area contributed by atoms with Crippen LogP contribution in [0.25, 0.3) is 11.0 Å². The van der Waals surface area contributed by atoms with Gasteiger partial charge >= 0.3 is 6.18 Å². The smallest absolute Gasteiger partial charge is 0.333 e. The van der Waals surface area contributed by atoms with Crippen molar-refractivity contribution in [1.82, 2.24) is 15.0 Å². The Morgan fingerprint density at radius 1 is 0.935 bits per heavy atom. The van der Waals surface area contributed by atoms with Crippen molar-refractivity contribution in [3.8, 4) is 0 Å². The third kappa shape index (κ3) is 5.25. The van der Waals surface area contributed by atoms with Crippen LogP contribution in [0, 0.1) is 13.8 Å². The Morgan fingerprint density at radius 2 is 1.71 bits per heavy atom. The Kier molecular flexibility index (Phi) is 6.29. The minimum absolute atomic E-state index is 0.379. The second kappa shape index (κ2) is 8.96. The number of nitrogens with zero attached hydrogens (tertiary/aromatic N) is 2. The van der Waals surface area contributed by atoms with Crippen LogP contribution < -0.4 is 0 Å². The van der Waals surface area contributed by atoms with Crippen LogP contribution in [0.5, 0.6) is 0 Å². The lowest BCUT2D eigenvalue weighted by Crippen LogP contribution is -2.04. The second-order valence-corrected chi connectivity index (χ2v) is 9.20. The number of halogens is 3. The molecule has 31 heavy (non-hydrogen) atoms. The van der Waals surface area contributed by atoms with Gasteiger partial charge in [-0.2, -0.15) is 13.2 Å². The highest BCUT2D eigenvalue weighted by Gasteiger charge is 2.30. The minimum Gasteiger partial charge on any atom is -0.333 e. The number of hydrogen-bond donors (Lipinski definition) is 1. The van der Waals surface area contributed by atoms with Gasteiger partial charge in [-0.3, -0.25) is 4.98 Å². The number of fused-ring (bicyclic) bond motifs is 1. The molecule has 0 aliphatic rings. The minimum atomic E-state index is -4.37. The van der Waals surface area contributed by atoms with Crippen LogP contribution in [-0.4, -0.2) is 15.0 Å². The zero-order valence-electron chi connectivity index (χ0n) is 17.0. The van der Waals surface area contributed by atoms with Gasteiger partial charge in [-0.05, 0) is 49.2 Å². The first-order chi connectivity index (χ1) is 14.8. The van der Waals surface area contributed by atoms with Gasteiger partial charge in [-0.15, -0.1) is 11.8 Å². The molecule has 1 N–H and O–H groups in total. The fourth-order valence-corrected chi connectivity index (χ4v) is 4.99. The highest BCUT2D eigenvalue weighted by molar-refractivity contribution is 7.98. The number of benzene rings is 2. The first-order valence-electron chi connectivity index (χ1n) is 9.62. The molecule has 0 saturated carbocycles. The molecular formula is C23H20F3N3S2. The number of aromatic amines is 1. The molecule has 2 aromatic carbocycles. The van der Waals surface area contributed by atoms with E-state index in [-0.39, 0.29) is 0 Å². The summed E-state index contributed by atoms with van der Waals surface area (Å²) in [6.45, 7) is 4.12. The Hall–Kier alpha value is -2.45. The molecule has 4 rings (SSSR count). The van der Waals surface area contributed by atoms with E-state index in [0.717, 1.165) is 29.1 Å². The molecule has 0 saturated heterocycles. The molecule has 0 unspecified atom stereocenters. The van der Waals surface area contributed by atoms with E-state index in [9.17, 15) is 13.2 Å². The van der Waals surface area contributed by atoms with Crippen molar-refractivity contribution in [2.45, 2.75) is 41.6 Å². The van der Waals surface area contributed by atoms with Crippen molar-refractivity contribution in [1.29, 1.82) is 0 Å². The molecule has 0 amide bonds. The van der Waals surface area contributed by atoms with E-state index in [1.165, 1.54) is 33.9 Å². The van der Waals surface area contributed by atoms with Crippen molar-refractivity contribution in [2.75, 3.05) is 0 Å². The average Bonchev–Trinajstić information content (AvgIpc) is 3.15. The molecule has 0 bridgehead atoms. The molecule has 0 aliphatic carbocycles. The fraction of sp³-hybridized carbons (Fsp3) is 0.217. The second-order valence-electron chi connectivity index (χ2n) is 7.22. The van der Waals surface area contributed by atoms with E-state index in [1.807, 2.05) is 6.07 Å². The number of imidazole rings is 1. The summed E-state index contributed by atoms with van der Waals surface area (Å²) in [5, 5.41) is 0.577. The summed E-state index contributed by atoms with van der Waals surface area (Å²) < 4.78 is 38.7. The number of pyridine rings is 1. The first-order valence-corrected chi connectivity index (χ1v) is 11.6. The molecule has 3 nitrogen and oxygen atoms in total. The summed E-state index contributed by atoms with van der Waals surface area (Å²) in [7, 11) is 0. The van der Waals surface area contributed by atoms with E-state index in [1.54, 1.807) is 18.0 Å². The molecule has 8 heteroatoms. The molecule has 0 aliphatic heterocycles. The number of rotatable bonds is 6. The number of H-pyrrole nitrogens is 1. The van der Waals surface area contributed by atoms with E-state index in [0.29, 0.717) is 21.9 Å². The summed E-state index contributed by atoms with van der Waals surface area (Å²) in [4.78, 5) is 13.0. The molecule has 0 fully saturated rings. The monoisotopic (exact) mass is 459 g/mol. The average molecular weight is 460 g/mol. The maximum absolute atomic E-state index is 12.9. The number of alkyl halides is 3. The molecule has 160 valence electrons. The quantitative estimate of drug-likeness (QED) is 0.310. The van der Waals surface area contributed by atoms with Crippen molar-refractivity contribution in [3.05, 3.63) is 82.7 Å². The van der Waals surface area contributed by atoms with Crippen molar-refractivity contribution in [2.24, 2.45) is 0 Å².